The van der Waals surface area contributed by atoms with Crippen molar-refractivity contribution in [2.75, 3.05) is 0 Å². The fourth-order valence-corrected chi connectivity index (χ4v) is 4.60. The number of rotatable bonds is 2. The van der Waals surface area contributed by atoms with Crippen LogP contribution in [0.2, 0.25) is 0 Å². The molecule has 0 aliphatic carbocycles. The molecule has 3 nitrogen and oxygen atoms in total. The Morgan fingerprint density at radius 1 is 0.710 bits per heavy atom. The van der Waals surface area contributed by atoms with E-state index in [-0.39, 0.29) is 0 Å². The molecule has 4 aromatic carbocycles. The molecule has 0 aliphatic heterocycles. The first-order chi connectivity index (χ1) is 15.0. The van der Waals surface area contributed by atoms with Crippen LogP contribution in [0, 0.1) is 0 Å². The van der Waals surface area contributed by atoms with Crippen molar-refractivity contribution in [2.24, 2.45) is 0 Å². The molecular weight excluding hydrogens is 380 g/mol. The average Bonchev–Trinajstić information content (AvgIpc) is 3.16. The van der Waals surface area contributed by atoms with Crippen LogP contribution in [0.5, 0.6) is 0 Å². The third kappa shape index (κ3) is 2.74. The number of nitrogens with one attached hydrogen (secondary N) is 1. The minimum absolute atomic E-state index is 0.664. The van der Waals surface area contributed by atoms with Crippen molar-refractivity contribution in [1.82, 2.24) is 9.97 Å². The fraction of sp³-hybridized carbons (Fsp3) is 0.107. The van der Waals surface area contributed by atoms with Gasteiger partial charge in [0.05, 0.1) is 16.9 Å². The van der Waals surface area contributed by atoms with Crippen LogP contribution in [-0.2, 0) is 5.60 Å². The number of aromatic nitrogens is 2. The van der Waals surface area contributed by atoms with Crippen molar-refractivity contribution in [3.05, 3.63) is 90.6 Å². The highest BCUT2D eigenvalue weighted by atomic mass is 16.3. The Hall–Kier alpha value is -3.69. The second kappa shape index (κ2) is 6.40. The Morgan fingerprint density at radius 2 is 1.35 bits per heavy atom. The van der Waals surface area contributed by atoms with Gasteiger partial charge < -0.3 is 10.1 Å². The average molecular weight is 402 g/mol. The van der Waals surface area contributed by atoms with E-state index >= 15 is 0 Å². The molecule has 0 saturated heterocycles. The Bertz CT molecular complexity index is 1620. The first kappa shape index (κ1) is 18.1. The van der Waals surface area contributed by atoms with Crippen molar-refractivity contribution in [2.45, 2.75) is 19.4 Å². The van der Waals surface area contributed by atoms with E-state index in [4.69, 9.17) is 4.98 Å². The Balaban J connectivity index is 1.82. The number of hydrogen-bond donors (Lipinski definition) is 2. The first-order valence-corrected chi connectivity index (χ1v) is 10.6. The van der Waals surface area contributed by atoms with Gasteiger partial charge >= 0.3 is 0 Å². The Kier molecular flexibility index (Phi) is 3.74. The molecule has 0 bridgehead atoms. The topological polar surface area (TPSA) is 48.9 Å². The zero-order valence-corrected chi connectivity index (χ0v) is 17.5. The maximum absolute atomic E-state index is 10.8. The number of benzene rings is 4. The predicted molar refractivity (Wildman–Crippen MR) is 129 cm³/mol. The van der Waals surface area contributed by atoms with E-state index in [1.807, 2.05) is 18.2 Å². The fourth-order valence-electron chi connectivity index (χ4n) is 4.60. The molecule has 0 spiro atoms. The number of fused-ring (bicyclic) bond motifs is 6. The van der Waals surface area contributed by atoms with Gasteiger partial charge in [-0.3, -0.25) is 0 Å². The van der Waals surface area contributed by atoms with Crippen LogP contribution in [0.3, 0.4) is 0 Å². The van der Waals surface area contributed by atoms with Gasteiger partial charge in [-0.2, -0.15) is 0 Å². The van der Waals surface area contributed by atoms with Gasteiger partial charge in [0.15, 0.2) is 0 Å². The van der Waals surface area contributed by atoms with Crippen LogP contribution in [0.25, 0.3) is 54.6 Å². The van der Waals surface area contributed by atoms with Gasteiger partial charge in [-0.25, -0.2) is 4.98 Å². The third-order valence-electron chi connectivity index (χ3n) is 6.15. The Morgan fingerprint density at radius 3 is 2.13 bits per heavy atom. The molecule has 0 fully saturated rings. The molecule has 0 atom stereocenters. The highest BCUT2D eigenvalue weighted by Gasteiger charge is 2.23. The monoisotopic (exact) mass is 402 g/mol. The number of H-pyrrole nitrogens is 1. The number of pyridine rings is 1. The van der Waals surface area contributed by atoms with Gasteiger partial charge in [-0.15, -0.1) is 0 Å². The summed E-state index contributed by atoms with van der Waals surface area (Å²) < 4.78 is 0. The van der Waals surface area contributed by atoms with Crippen LogP contribution >= 0.6 is 0 Å². The summed E-state index contributed by atoms with van der Waals surface area (Å²) in [5.74, 6) is 0. The number of hydrogen-bond acceptors (Lipinski definition) is 2. The normalized spacial score (nSPS) is 12.4. The van der Waals surface area contributed by atoms with Crippen molar-refractivity contribution in [3.63, 3.8) is 0 Å². The van der Waals surface area contributed by atoms with E-state index in [2.05, 4.69) is 71.7 Å². The Labute approximate surface area is 180 Å². The van der Waals surface area contributed by atoms with Crippen LogP contribution in [-0.4, -0.2) is 15.1 Å². The SMILES string of the molecule is CC(C)(O)c1cc2c([nH]c3ccccc32)c(-c2cc3ccccc3c3ccccc23)n1. The summed E-state index contributed by atoms with van der Waals surface area (Å²) in [5, 5.41) is 17.8. The molecule has 0 saturated carbocycles. The quantitative estimate of drug-likeness (QED) is 0.309. The van der Waals surface area contributed by atoms with E-state index in [1.165, 1.54) is 16.2 Å². The lowest BCUT2D eigenvalue weighted by Gasteiger charge is -2.19. The van der Waals surface area contributed by atoms with Gasteiger partial charge in [-0.1, -0.05) is 66.7 Å². The van der Waals surface area contributed by atoms with E-state index in [0.29, 0.717) is 5.69 Å². The number of para-hydroxylation sites is 1. The number of nitrogens with zero attached hydrogens (tertiary/aromatic N) is 1. The van der Waals surface area contributed by atoms with Crippen LogP contribution in [0.15, 0.2) is 84.9 Å². The number of aliphatic hydroxyl groups is 1. The van der Waals surface area contributed by atoms with E-state index in [0.717, 1.165) is 38.4 Å². The lowest BCUT2D eigenvalue weighted by atomic mass is 9.93. The molecule has 3 heteroatoms. The van der Waals surface area contributed by atoms with E-state index < -0.39 is 5.60 Å². The zero-order valence-electron chi connectivity index (χ0n) is 17.5. The van der Waals surface area contributed by atoms with Gasteiger partial charge in [0.25, 0.3) is 0 Å². The summed E-state index contributed by atoms with van der Waals surface area (Å²) in [6.07, 6.45) is 0. The third-order valence-corrected chi connectivity index (χ3v) is 6.15. The molecular formula is C28H22N2O. The molecule has 150 valence electrons. The zero-order chi connectivity index (χ0) is 21.2. The molecule has 0 radical (unpaired) electrons. The summed E-state index contributed by atoms with van der Waals surface area (Å²) in [6.45, 7) is 3.58. The van der Waals surface area contributed by atoms with Crippen LogP contribution < -0.4 is 0 Å². The lowest BCUT2D eigenvalue weighted by molar-refractivity contribution is 0.0741. The smallest absolute Gasteiger partial charge is 0.101 e. The summed E-state index contributed by atoms with van der Waals surface area (Å²) in [7, 11) is 0. The molecule has 0 aliphatic rings. The molecule has 2 heterocycles. The maximum Gasteiger partial charge on any atom is 0.101 e. The van der Waals surface area contributed by atoms with Gasteiger partial charge in [0, 0.05) is 21.9 Å². The summed E-state index contributed by atoms with van der Waals surface area (Å²) in [4.78, 5) is 8.61. The van der Waals surface area contributed by atoms with Gasteiger partial charge in [-0.05, 0) is 53.6 Å². The van der Waals surface area contributed by atoms with Crippen molar-refractivity contribution < 1.29 is 5.11 Å². The van der Waals surface area contributed by atoms with Crippen LogP contribution in [0.1, 0.15) is 19.5 Å². The molecule has 6 rings (SSSR count). The standard InChI is InChI=1S/C28H22N2O/c1-28(2,31)25-16-23-21-13-7-8-14-24(21)29-26(23)27(30-25)22-15-17-9-3-4-10-18(17)19-11-5-6-12-20(19)22/h3-16,29,31H,1-2H3. The largest absolute Gasteiger partial charge is 0.384 e. The summed E-state index contributed by atoms with van der Waals surface area (Å²) in [5.41, 5.74) is 3.61. The number of aromatic amines is 1. The molecule has 2 aromatic heterocycles. The highest BCUT2D eigenvalue weighted by Crippen LogP contribution is 2.39. The molecule has 0 amide bonds. The minimum Gasteiger partial charge on any atom is -0.384 e. The second-order valence-corrected chi connectivity index (χ2v) is 8.70. The van der Waals surface area contributed by atoms with Crippen molar-refractivity contribution in [1.29, 1.82) is 0 Å². The summed E-state index contributed by atoms with van der Waals surface area (Å²) >= 11 is 0. The molecule has 31 heavy (non-hydrogen) atoms. The molecule has 2 N–H and O–H groups in total. The van der Waals surface area contributed by atoms with Crippen LogP contribution in [0.4, 0.5) is 0 Å². The van der Waals surface area contributed by atoms with Crippen molar-refractivity contribution in [3.8, 4) is 11.3 Å². The van der Waals surface area contributed by atoms with E-state index in [1.54, 1.807) is 13.8 Å². The van der Waals surface area contributed by atoms with Gasteiger partial charge in [0.1, 0.15) is 5.60 Å². The molecule has 0 unspecified atom stereocenters. The first-order valence-electron chi connectivity index (χ1n) is 10.6. The van der Waals surface area contributed by atoms with Crippen molar-refractivity contribution >= 4 is 43.4 Å². The summed E-state index contributed by atoms with van der Waals surface area (Å²) in [6, 6.07) is 29.5. The minimum atomic E-state index is -1.05. The molecule has 6 aromatic rings. The predicted octanol–water partition coefficient (Wildman–Crippen LogP) is 6.92. The second-order valence-electron chi connectivity index (χ2n) is 8.70. The maximum atomic E-state index is 10.8. The van der Waals surface area contributed by atoms with E-state index in [9.17, 15) is 5.11 Å². The highest BCUT2D eigenvalue weighted by molar-refractivity contribution is 6.17. The van der Waals surface area contributed by atoms with Gasteiger partial charge in [0.2, 0.25) is 0 Å². The lowest BCUT2D eigenvalue weighted by Crippen LogP contribution is -2.17.